The van der Waals surface area contributed by atoms with Gasteiger partial charge in [0.15, 0.2) is 0 Å². The van der Waals surface area contributed by atoms with Crippen molar-refractivity contribution in [3.05, 3.63) is 47.2 Å². The highest BCUT2D eigenvalue weighted by Crippen LogP contribution is 2.33. The number of aromatic nitrogens is 3. The molecule has 0 saturated carbocycles. The number of fused-ring (bicyclic) bond motifs is 1. The molecule has 9 heteroatoms. The van der Waals surface area contributed by atoms with Crippen molar-refractivity contribution in [1.29, 1.82) is 0 Å². The van der Waals surface area contributed by atoms with Gasteiger partial charge in [-0.05, 0) is 44.7 Å². The van der Waals surface area contributed by atoms with Crippen LogP contribution >= 0.6 is 0 Å². The standard InChI is InChI=1S/C21H30N6O2S/c1-16-19-10-7-12-26(15-18-9-4-5-11-22-18)21(19)24-20(23-16)17-8-6-13-27(14-17)30(28,29)25(2)3/h4-5,9,11,17H,6-8,10,12-15H2,1-3H3. The van der Waals surface area contributed by atoms with Crippen molar-refractivity contribution in [2.45, 2.75) is 45.1 Å². The summed E-state index contributed by atoms with van der Waals surface area (Å²) >= 11 is 0. The van der Waals surface area contributed by atoms with Gasteiger partial charge < -0.3 is 4.90 Å². The van der Waals surface area contributed by atoms with Crippen LogP contribution in [-0.4, -0.2) is 65.7 Å². The molecule has 0 amide bonds. The molecule has 4 rings (SSSR count). The van der Waals surface area contributed by atoms with Crippen molar-refractivity contribution in [3.8, 4) is 0 Å². The Kier molecular flexibility index (Phi) is 6.04. The van der Waals surface area contributed by atoms with Crippen LogP contribution in [0.1, 0.15) is 48.0 Å². The number of hydrogen-bond donors (Lipinski definition) is 0. The highest BCUT2D eigenvalue weighted by atomic mass is 32.2. The van der Waals surface area contributed by atoms with Crippen LogP contribution in [0.4, 0.5) is 5.82 Å². The average molecular weight is 431 g/mol. The summed E-state index contributed by atoms with van der Waals surface area (Å²) in [6.07, 6.45) is 5.58. The average Bonchev–Trinajstić information content (AvgIpc) is 2.75. The first-order valence-electron chi connectivity index (χ1n) is 10.6. The zero-order valence-electron chi connectivity index (χ0n) is 18.0. The van der Waals surface area contributed by atoms with Gasteiger partial charge in [0.25, 0.3) is 10.2 Å². The molecular formula is C21H30N6O2S. The molecule has 2 aromatic heterocycles. The topological polar surface area (TPSA) is 82.5 Å². The lowest BCUT2D eigenvalue weighted by molar-refractivity contribution is 0.293. The highest BCUT2D eigenvalue weighted by Gasteiger charge is 2.33. The third-order valence-corrected chi connectivity index (χ3v) is 7.89. The fraction of sp³-hybridized carbons (Fsp3) is 0.571. The minimum absolute atomic E-state index is 0.0103. The van der Waals surface area contributed by atoms with Crippen LogP contribution in [0.3, 0.4) is 0 Å². The molecule has 1 fully saturated rings. The van der Waals surface area contributed by atoms with E-state index in [1.54, 1.807) is 18.4 Å². The molecule has 4 heterocycles. The van der Waals surface area contributed by atoms with Crippen molar-refractivity contribution >= 4 is 16.0 Å². The minimum Gasteiger partial charge on any atom is -0.350 e. The molecule has 1 saturated heterocycles. The van der Waals surface area contributed by atoms with Crippen LogP contribution in [-0.2, 0) is 23.2 Å². The summed E-state index contributed by atoms with van der Waals surface area (Å²) in [5.74, 6) is 1.76. The van der Waals surface area contributed by atoms with Gasteiger partial charge in [0.1, 0.15) is 11.6 Å². The molecule has 0 spiro atoms. The molecule has 30 heavy (non-hydrogen) atoms. The van der Waals surface area contributed by atoms with Crippen LogP contribution in [0, 0.1) is 6.92 Å². The summed E-state index contributed by atoms with van der Waals surface area (Å²) < 4.78 is 28.1. The van der Waals surface area contributed by atoms with Gasteiger partial charge in [-0.2, -0.15) is 17.0 Å². The van der Waals surface area contributed by atoms with Crippen LogP contribution < -0.4 is 4.90 Å². The summed E-state index contributed by atoms with van der Waals surface area (Å²) in [7, 11) is -0.273. The molecule has 0 radical (unpaired) electrons. The zero-order chi connectivity index (χ0) is 21.3. The summed E-state index contributed by atoms with van der Waals surface area (Å²) in [6, 6.07) is 5.97. The predicted octanol–water partition coefficient (Wildman–Crippen LogP) is 2.12. The molecule has 0 bridgehead atoms. The van der Waals surface area contributed by atoms with Crippen molar-refractivity contribution in [1.82, 2.24) is 23.6 Å². The fourth-order valence-electron chi connectivity index (χ4n) is 4.33. The van der Waals surface area contributed by atoms with Crippen molar-refractivity contribution in [2.24, 2.45) is 0 Å². The molecule has 0 N–H and O–H groups in total. The predicted molar refractivity (Wildman–Crippen MR) is 117 cm³/mol. The van der Waals surface area contributed by atoms with Crippen LogP contribution in [0.5, 0.6) is 0 Å². The third kappa shape index (κ3) is 4.19. The van der Waals surface area contributed by atoms with E-state index in [-0.39, 0.29) is 5.92 Å². The monoisotopic (exact) mass is 430 g/mol. The second-order valence-electron chi connectivity index (χ2n) is 8.30. The van der Waals surface area contributed by atoms with Crippen molar-refractivity contribution < 1.29 is 8.42 Å². The first-order chi connectivity index (χ1) is 14.4. The molecule has 8 nitrogen and oxygen atoms in total. The van der Waals surface area contributed by atoms with E-state index in [9.17, 15) is 8.42 Å². The van der Waals surface area contributed by atoms with Crippen LogP contribution in [0.25, 0.3) is 0 Å². The summed E-state index contributed by atoms with van der Waals surface area (Å²) in [5, 5.41) is 0. The highest BCUT2D eigenvalue weighted by molar-refractivity contribution is 7.86. The van der Waals surface area contributed by atoms with Gasteiger partial charge in [0, 0.05) is 57.1 Å². The Bertz CT molecular complexity index is 996. The van der Waals surface area contributed by atoms with E-state index in [0.717, 1.165) is 61.8 Å². The van der Waals surface area contributed by atoms with Gasteiger partial charge in [0.2, 0.25) is 0 Å². The van der Waals surface area contributed by atoms with Gasteiger partial charge in [-0.1, -0.05) is 6.07 Å². The zero-order valence-corrected chi connectivity index (χ0v) is 18.8. The Morgan fingerprint density at radius 2 is 2.00 bits per heavy atom. The Hall–Kier alpha value is -2.10. The number of piperidine rings is 1. The minimum atomic E-state index is -3.43. The number of pyridine rings is 1. The lowest BCUT2D eigenvalue weighted by Crippen LogP contribution is -2.45. The number of aryl methyl sites for hydroxylation is 1. The maximum absolute atomic E-state index is 12.6. The van der Waals surface area contributed by atoms with E-state index in [0.29, 0.717) is 13.1 Å². The molecular weight excluding hydrogens is 400 g/mol. The van der Waals surface area contributed by atoms with Crippen LogP contribution in [0.15, 0.2) is 24.4 Å². The molecule has 1 atom stereocenters. The lowest BCUT2D eigenvalue weighted by Gasteiger charge is -2.34. The summed E-state index contributed by atoms with van der Waals surface area (Å²) in [5.41, 5.74) is 3.23. The Balaban J connectivity index is 1.62. The molecule has 1 unspecified atom stereocenters. The number of hydrogen-bond acceptors (Lipinski definition) is 6. The van der Waals surface area contributed by atoms with Crippen molar-refractivity contribution in [3.63, 3.8) is 0 Å². The summed E-state index contributed by atoms with van der Waals surface area (Å²) in [4.78, 5) is 16.6. The van der Waals surface area contributed by atoms with Crippen molar-refractivity contribution in [2.75, 3.05) is 38.6 Å². The molecule has 0 aliphatic carbocycles. The van der Waals surface area contributed by atoms with Crippen LogP contribution in [0.2, 0.25) is 0 Å². The molecule has 0 aromatic carbocycles. The summed E-state index contributed by atoms with van der Waals surface area (Å²) in [6.45, 7) is 4.68. The second-order valence-corrected chi connectivity index (χ2v) is 10.4. The third-order valence-electron chi connectivity index (χ3n) is 5.98. The van der Waals surface area contributed by atoms with Gasteiger partial charge in [-0.3, -0.25) is 4.98 Å². The molecule has 162 valence electrons. The normalized spacial score (nSPS) is 20.4. The Labute approximate surface area is 179 Å². The fourth-order valence-corrected chi connectivity index (χ4v) is 5.52. The molecule has 2 aliphatic heterocycles. The smallest absolute Gasteiger partial charge is 0.281 e. The number of nitrogens with zero attached hydrogens (tertiary/aromatic N) is 6. The van der Waals surface area contributed by atoms with E-state index in [1.807, 2.05) is 31.3 Å². The SMILES string of the molecule is Cc1nc(C2CCCN(S(=O)(=O)N(C)C)C2)nc2c1CCCN2Cc1ccccn1. The quantitative estimate of drug-likeness (QED) is 0.723. The number of anilines is 1. The lowest BCUT2D eigenvalue weighted by atomic mass is 9.97. The van der Waals surface area contributed by atoms with E-state index >= 15 is 0 Å². The molecule has 2 aliphatic rings. The van der Waals surface area contributed by atoms with Gasteiger partial charge in [-0.15, -0.1) is 0 Å². The van der Waals surface area contributed by atoms with E-state index in [1.165, 1.54) is 9.87 Å². The maximum atomic E-state index is 12.6. The Morgan fingerprint density at radius 3 is 2.73 bits per heavy atom. The molecule has 2 aromatic rings. The van der Waals surface area contributed by atoms with E-state index < -0.39 is 10.2 Å². The van der Waals surface area contributed by atoms with E-state index in [4.69, 9.17) is 9.97 Å². The maximum Gasteiger partial charge on any atom is 0.281 e. The van der Waals surface area contributed by atoms with Gasteiger partial charge in [-0.25, -0.2) is 9.97 Å². The Morgan fingerprint density at radius 1 is 1.17 bits per heavy atom. The van der Waals surface area contributed by atoms with Gasteiger partial charge in [0.05, 0.1) is 12.2 Å². The largest absolute Gasteiger partial charge is 0.350 e. The van der Waals surface area contributed by atoms with E-state index in [2.05, 4.69) is 9.88 Å². The first kappa shape index (κ1) is 21.1. The van der Waals surface area contributed by atoms with Gasteiger partial charge >= 0.3 is 0 Å². The first-order valence-corrected chi connectivity index (χ1v) is 12.0. The second kappa shape index (κ2) is 8.56. The number of rotatable bonds is 5.